The van der Waals surface area contributed by atoms with Crippen LogP contribution in [0.3, 0.4) is 0 Å². The maximum atomic E-state index is 10.5. The summed E-state index contributed by atoms with van der Waals surface area (Å²) in [5.41, 5.74) is -0.0157. The summed E-state index contributed by atoms with van der Waals surface area (Å²) < 4.78 is 0. The maximum Gasteiger partial charge on any atom is 1.00 e. The van der Waals surface area contributed by atoms with Crippen LogP contribution in [-0.4, -0.2) is 19.0 Å². The van der Waals surface area contributed by atoms with Crippen molar-refractivity contribution < 1.29 is 123 Å². The molecule has 0 aliphatic heterocycles. The number of benzene rings is 1. The maximum absolute atomic E-state index is 10.5. The molecule has 0 bridgehead atoms. The van der Waals surface area contributed by atoms with Gasteiger partial charge >= 0.3 is 103 Å². The van der Waals surface area contributed by atoms with Gasteiger partial charge in [-0.1, -0.05) is 0 Å². The first kappa shape index (κ1) is 19.6. The van der Waals surface area contributed by atoms with Gasteiger partial charge in [0.15, 0.2) is 0 Å². The van der Waals surface area contributed by atoms with E-state index in [1.54, 1.807) is 7.05 Å². The van der Waals surface area contributed by atoms with Crippen molar-refractivity contribution >= 4 is 17.6 Å². The third-order valence-corrected chi connectivity index (χ3v) is 1.69. The Hall–Kier alpha value is 1.23. The molecule has 0 amide bonds. The van der Waals surface area contributed by atoms with Crippen molar-refractivity contribution in [2.75, 3.05) is 12.4 Å². The van der Waals surface area contributed by atoms with E-state index in [1.165, 1.54) is 12.1 Å². The van der Waals surface area contributed by atoms with Crippen LogP contribution in [-0.2, 0) is 0 Å². The summed E-state index contributed by atoms with van der Waals surface area (Å²) in [5, 5.41) is 23.6. The summed E-state index contributed by atoms with van der Waals surface area (Å²) in [7, 11) is 1.55. The quantitative estimate of drug-likeness (QED) is 0.551. The van der Waals surface area contributed by atoms with E-state index in [0.29, 0.717) is 5.69 Å². The van der Waals surface area contributed by atoms with E-state index in [4.69, 9.17) is 0 Å². The van der Waals surface area contributed by atoms with Crippen LogP contribution in [0.1, 0.15) is 20.7 Å². The number of carboxylic acid groups (broad SMARTS) is 2. The minimum Gasteiger partial charge on any atom is -0.545 e. The zero-order valence-electron chi connectivity index (χ0n) is 9.37. The van der Waals surface area contributed by atoms with Gasteiger partial charge in [-0.15, -0.1) is 0 Å². The Labute approximate surface area is 178 Å². The summed E-state index contributed by atoms with van der Waals surface area (Å²) in [6.07, 6.45) is 0. The zero-order valence-corrected chi connectivity index (χ0v) is 15.6. The first-order chi connectivity index (χ1) is 6.54. The Kier molecular flexibility index (Phi) is 11.3. The van der Waals surface area contributed by atoms with Gasteiger partial charge in [0, 0.05) is 12.7 Å². The molecule has 0 saturated heterocycles. The van der Waals surface area contributed by atoms with Crippen molar-refractivity contribution in [2.45, 2.75) is 0 Å². The molecule has 1 aromatic carbocycles. The van der Waals surface area contributed by atoms with Crippen LogP contribution < -0.4 is 118 Å². The van der Waals surface area contributed by atoms with Crippen LogP contribution in [0.4, 0.5) is 5.69 Å². The molecule has 1 rings (SSSR count). The Morgan fingerprint density at radius 2 is 1.38 bits per heavy atom. The zero-order chi connectivity index (χ0) is 10.7. The molecule has 0 aliphatic rings. The molecule has 74 valence electrons. The van der Waals surface area contributed by atoms with Crippen molar-refractivity contribution in [1.82, 2.24) is 0 Å². The molecule has 0 radical (unpaired) electrons. The van der Waals surface area contributed by atoms with Gasteiger partial charge in [0.2, 0.25) is 0 Å². The number of aromatic carboxylic acids is 2. The second-order valence-corrected chi connectivity index (χ2v) is 2.62. The largest absolute Gasteiger partial charge is 1.00 e. The molecule has 1 N–H and O–H groups in total. The number of hydrogen-bond acceptors (Lipinski definition) is 5. The summed E-state index contributed by atoms with van der Waals surface area (Å²) in [5.74, 6) is -2.85. The van der Waals surface area contributed by atoms with E-state index in [0.717, 1.165) is 6.07 Å². The molecule has 5 nitrogen and oxygen atoms in total. The van der Waals surface area contributed by atoms with Gasteiger partial charge in [-0.2, -0.15) is 0 Å². The Morgan fingerprint density at radius 1 is 1.00 bits per heavy atom. The summed E-state index contributed by atoms with van der Waals surface area (Å²) in [4.78, 5) is 21.0. The van der Waals surface area contributed by atoms with Crippen LogP contribution in [0.25, 0.3) is 0 Å². The van der Waals surface area contributed by atoms with Gasteiger partial charge in [-0.3, -0.25) is 0 Å². The van der Waals surface area contributed by atoms with Gasteiger partial charge < -0.3 is 25.1 Å². The number of carboxylic acids is 2. The standard InChI is InChI=1S/C9H9NO4.2K/c1-10-7-3-5(8(11)12)2-6(4-7)9(13)14;;/h2-4,10H,1H3,(H,11,12)(H,13,14);;/q;2*+1/p-2. The van der Waals surface area contributed by atoms with Crippen molar-refractivity contribution in [1.29, 1.82) is 0 Å². The number of rotatable bonds is 3. The summed E-state index contributed by atoms with van der Waals surface area (Å²) in [6, 6.07) is 3.55. The van der Waals surface area contributed by atoms with Crippen LogP contribution in [0.5, 0.6) is 0 Å². The Balaban J connectivity index is 0. The van der Waals surface area contributed by atoms with Gasteiger partial charge in [0.25, 0.3) is 0 Å². The van der Waals surface area contributed by atoms with E-state index in [9.17, 15) is 19.8 Å². The van der Waals surface area contributed by atoms with E-state index in [-0.39, 0.29) is 114 Å². The van der Waals surface area contributed by atoms with Crippen molar-refractivity contribution in [3.8, 4) is 0 Å². The first-order valence-electron chi connectivity index (χ1n) is 3.80. The van der Waals surface area contributed by atoms with Crippen LogP contribution >= 0.6 is 0 Å². The Bertz CT molecular complexity index is 363. The topological polar surface area (TPSA) is 92.3 Å². The first-order valence-corrected chi connectivity index (χ1v) is 3.80. The fraction of sp³-hybridized carbons (Fsp3) is 0.111. The van der Waals surface area contributed by atoms with E-state index < -0.39 is 11.9 Å². The van der Waals surface area contributed by atoms with Gasteiger partial charge in [0.1, 0.15) is 0 Å². The van der Waals surface area contributed by atoms with Gasteiger partial charge in [0.05, 0.1) is 11.9 Å². The third-order valence-electron chi connectivity index (χ3n) is 1.69. The molecule has 7 heteroatoms. The number of anilines is 1. The molecule has 0 fully saturated rings. The fourth-order valence-electron chi connectivity index (χ4n) is 1.01. The molecule has 16 heavy (non-hydrogen) atoms. The van der Waals surface area contributed by atoms with Crippen LogP contribution in [0.2, 0.25) is 0 Å². The van der Waals surface area contributed by atoms with Crippen molar-refractivity contribution in [3.63, 3.8) is 0 Å². The average Bonchev–Trinajstić information content (AvgIpc) is 2.16. The third kappa shape index (κ3) is 5.72. The minimum atomic E-state index is -1.43. The van der Waals surface area contributed by atoms with Crippen LogP contribution in [0.15, 0.2) is 18.2 Å². The molecule has 0 atom stereocenters. The molecule has 0 heterocycles. The number of carbonyl (C=O) groups is 2. The Morgan fingerprint density at radius 3 is 1.62 bits per heavy atom. The molecule has 0 saturated carbocycles. The number of hydrogen-bond donors (Lipinski definition) is 1. The van der Waals surface area contributed by atoms with Crippen molar-refractivity contribution in [3.05, 3.63) is 29.3 Å². The van der Waals surface area contributed by atoms with Gasteiger partial charge in [-0.05, 0) is 29.3 Å². The molecule has 0 aromatic heterocycles. The molecular formula is C9H7K2NO4. The average molecular weight is 271 g/mol. The van der Waals surface area contributed by atoms with E-state index in [2.05, 4.69) is 5.32 Å². The summed E-state index contributed by atoms with van der Waals surface area (Å²) in [6.45, 7) is 0. The smallest absolute Gasteiger partial charge is 0.545 e. The fourth-order valence-corrected chi connectivity index (χ4v) is 1.01. The molecule has 1 aromatic rings. The molecule has 0 unspecified atom stereocenters. The number of carbonyl (C=O) groups excluding carboxylic acids is 2. The SMILES string of the molecule is CNc1cc(C(=O)[O-])cc(C(=O)[O-])c1.[K+].[K+]. The molecule has 0 spiro atoms. The monoisotopic (exact) mass is 271 g/mol. The van der Waals surface area contributed by atoms with Gasteiger partial charge in [-0.25, -0.2) is 0 Å². The minimum absolute atomic E-state index is 0. The predicted molar refractivity (Wildman–Crippen MR) is 44.6 cm³/mol. The number of nitrogens with one attached hydrogen (secondary N) is 1. The predicted octanol–water partition coefficient (Wildman–Crippen LogP) is -7.54. The molecular weight excluding hydrogens is 264 g/mol. The normalized spacial score (nSPS) is 8.31. The van der Waals surface area contributed by atoms with Crippen LogP contribution in [0, 0.1) is 0 Å². The second kappa shape index (κ2) is 9.20. The second-order valence-electron chi connectivity index (χ2n) is 2.62. The summed E-state index contributed by atoms with van der Waals surface area (Å²) >= 11 is 0. The molecule has 0 aliphatic carbocycles. The van der Waals surface area contributed by atoms with Crippen molar-refractivity contribution in [2.24, 2.45) is 0 Å². The van der Waals surface area contributed by atoms with E-state index >= 15 is 0 Å². The van der Waals surface area contributed by atoms with E-state index in [1.807, 2.05) is 0 Å².